The minimum Gasteiger partial charge on any atom is -0.355 e. The first-order valence-corrected chi connectivity index (χ1v) is 11.4. The van der Waals surface area contributed by atoms with Gasteiger partial charge in [-0.15, -0.1) is 0 Å². The molecule has 2 unspecified atom stereocenters. The van der Waals surface area contributed by atoms with Crippen LogP contribution in [0.5, 0.6) is 0 Å². The van der Waals surface area contributed by atoms with Gasteiger partial charge in [-0.3, -0.25) is 14.9 Å². The molecule has 2 N–H and O–H groups in total. The van der Waals surface area contributed by atoms with Crippen molar-refractivity contribution in [1.82, 2.24) is 25.4 Å². The van der Waals surface area contributed by atoms with Gasteiger partial charge in [0.05, 0.1) is 17.1 Å². The highest BCUT2D eigenvalue weighted by atomic mass is 19.4. The van der Waals surface area contributed by atoms with Gasteiger partial charge in [-0.05, 0) is 75.2 Å². The maximum absolute atomic E-state index is 13.9. The predicted molar refractivity (Wildman–Crippen MR) is 124 cm³/mol. The molecule has 0 saturated heterocycles. The molecule has 182 valence electrons. The van der Waals surface area contributed by atoms with Crippen molar-refractivity contribution >= 4 is 16.8 Å². The number of rotatable bonds is 9. The van der Waals surface area contributed by atoms with Crippen LogP contribution < -0.4 is 5.32 Å². The number of aryl methyl sites for hydroxylation is 1. The van der Waals surface area contributed by atoms with E-state index in [1.165, 1.54) is 12.4 Å². The van der Waals surface area contributed by atoms with E-state index in [1.807, 2.05) is 38.1 Å². The van der Waals surface area contributed by atoms with Gasteiger partial charge in [0.1, 0.15) is 0 Å². The zero-order chi connectivity index (χ0) is 24.5. The van der Waals surface area contributed by atoms with Crippen molar-refractivity contribution in [3.8, 4) is 0 Å². The molecule has 0 bridgehead atoms. The van der Waals surface area contributed by atoms with E-state index in [4.69, 9.17) is 0 Å². The monoisotopic (exact) mass is 473 g/mol. The summed E-state index contributed by atoms with van der Waals surface area (Å²) in [5, 5.41) is 11.0. The van der Waals surface area contributed by atoms with E-state index < -0.39 is 17.5 Å². The van der Waals surface area contributed by atoms with E-state index in [1.54, 1.807) is 18.3 Å². The third-order valence-corrected chi connectivity index (χ3v) is 7.24. The number of fused-ring (bicyclic) bond motifs is 1. The second kappa shape index (κ2) is 9.37. The summed E-state index contributed by atoms with van der Waals surface area (Å²) in [5.74, 6) is -1.29. The normalized spacial score (nSPS) is 17.0. The molecule has 34 heavy (non-hydrogen) atoms. The number of amides is 1. The molecule has 1 aromatic carbocycles. The number of hydrogen-bond donors (Lipinski definition) is 2. The molecule has 4 rings (SSSR count). The van der Waals surface area contributed by atoms with Crippen LogP contribution in [-0.4, -0.2) is 58.8 Å². The molecule has 6 nitrogen and oxygen atoms in total. The van der Waals surface area contributed by atoms with Crippen LogP contribution in [0.3, 0.4) is 0 Å². The number of alkyl halides is 3. The molecule has 2 aromatic heterocycles. The number of pyridine rings is 1. The molecule has 0 radical (unpaired) electrons. The lowest BCUT2D eigenvalue weighted by molar-refractivity contribution is -0.194. The van der Waals surface area contributed by atoms with Crippen molar-refractivity contribution in [2.75, 3.05) is 20.6 Å². The second-order valence-corrected chi connectivity index (χ2v) is 9.50. The maximum atomic E-state index is 13.9. The third kappa shape index (κ3) is 4.80. The number of nitrogens with zero attached hydrogens (tertiary/aromatic N) is 3. The number of H-pyrrole nitrogens is 1. The maximum Gasteiger partial charge on any atom is 0.395 e. The number of nitrogens with one attached hydrogen (secondary N) is 2. The molecule has 1 amide bonds. The van der Waals surface area contributed by atoms with E-state index in [2.05, 4.69) is 20.5 Å². The lowest BCUT2D eigenvalue weighted by atomic mass is 9.80. The first kappa shape index (κ1) is 24.2. The molecule has 1 aliphatic rings. The van der Waals surface area contributed by atoms with Crippen LogP contribution in [0.25, 0.3) is 10.9 Å². The van der Waals surface area contributed by atoms with Gasteiger partial charge >= 0.3 is 6.18 Å². The minimum absolute atomic E-state index is 0.0103. The Morgan fingerprint density at radius 1 is 1.21 bits per heavy atom. The summed E-state index contributed by atoms with van der Waals surface area (Å²) < 4.78 is 41.7. The van der Waals surface area contributed by atoms with Gasteiger partial charge in [0.25, 0.3) is 0 Å². The average molecular weight is 474 g/mol. The van der Waals surface area contributed by atoms with Crippen molar-refractivity contribution < 1.29 is 18.0 Å². The largest absolute Gasteiger partial charge is 0.395 e. The van der Waals surface area contributed by atoms with Crippen LogP contribution >= 0.6 is 0 Å². The van der Waals surface area contributed by atoms with Gasteiger partial charge < -0.3 is 10.2 Å². The molecule has 2 atom stereocenters. The number of hydrogen-bond acceptors (Lipinski definition) is 4. The molecule has 1 aliphatic carbocycles. The third-order valence-electron chi connectivity index (χ3n) is 7.24. The average Bonchev–Trinajstić information content (AvgIpc) is 3.47. The Bertz CT molecular complexity index is 1140. The topological polar surface area (TPSA) is 73.9 Å². The summed E-state index contributed by atoms with van der Waals surface area (Å²) in [5.41, 5.74) is 1.92. The number of benzene rings is 1. The van der Waals surface area contributed by atoms with Gasteiger partial charge in [-0.1, -0.05) is 6.07 Å². The zero-order valence-corrected chi connectivity index (χ0v) is 19.6. The molecule has 0 aliphatic heterocycles. The van der Waals surface area contributed by atoms with Crippen molar-refractivity contribution in [1.29, 1.82) is 0 Å². The molecule has 1 saturated carbocycles. The highest BCUT2D eigenvalue weighted by molar-refractivity contribution is 5.82. The van der Waals surface area contributed by atoms with E-state index in [0.29, 0.717) is 18.5 Å². The highest BCUT2D eigenvalue weighted by Crippen LogP contribution is 2.66. The van der Waals surface area contributed by atoms with E-state index in [0.717, 1.165) is 22.0 Å². The minimum atomic E-state index is -4.35. The Morgan fingerprint density at radius 2 is 1.91 bits per heavy atom. The van der Waals surface area contributed by atoms with Gasteiger partial charge in [0, 0.05) is 42.7 Å². The summed E-state index contributed by atoms with van der Waals surface area (Å²) in [6, 6.07) is 7.20. The fourth-order valence-electron chi connectivity index (χ4n) is 4.80. The molecule has 1 fully saturated rings. The SMILES string of the molecule is Cc1c(CC(CNC(=O)CC(c2ccncc2)C2(C(F)(F)F)CC2)N(C)C)ccc2[nH]ncc12. The summed E-state index contributed by atoms with van der Waals surface area (Å²) >= 11 is 0. The molecule has 2 heterocycles. The Kier molecular flexibility index (Phi) is 6.66. The zero-order valence-electron chi connectivity index (χ0n) is 19.6. The Hall–Kier alpha value is -2.94. The van der Waals surface area contributed by atoms with Gasteiger partial charge in [0.2, 0.25) is 5.91 Å². The Balaban J connectivity index is 1.45. The van der Waals surface area contributed by atoms with E-state index >= 15 is 0 Å². The quantitative estimate of drug-likeness (QED) is 0.484. The van der Waals surface area contributed by atoms with Crippen LogP contribution in [0.4, 0.5) is 13.2 Å². The summed E-state index contributed by atoms with van der Waals surface area (Å²) in [7, 11) is 3.87. The molecular weight excluding hydrogens is 443 g/mol. The number of likely N-dealkylation sites (N-methyl/N-ethyl adjacent to an activating group) is 1. The smallest absolute Gasteiger partial charge is 0.355 e. The molecule has 0 spiro atoms. The van der Waals surface area contributed by atoms with Crippen LogP contribution in [0, 0.1) is 12.3 Å². The lowest BCUT2D eigenvalue weighted by Crippen LogP contribution is -2.43. The van der Waals surface area contributed by atoms with Crippen LogP contribution in [0.15, 0.2) is 42.9 Å². The summed E-state index contributed by atoms with van der Waals surface area (Å²) in [6.45, 7) is 2.39. The summed E-state index contributed by atoms with van der Waals surface area (Å²) in [6.07, 6.45) is 0.997. The van der Waals surface area contributed by atoms with Gasteiger partial charge in [0.15, 0.2) is 0 Å². The molecular formula is C25H30F3N5O. The number of aromatic nitrogens is 3. The van der Waals surface area contributed by atoms with Gasteiger partial charge in [-0.25, -0.2) is 0 Å². The predicted octanol–water partition coefficient (Wildman–Crippen LogP) is 4.37. The fourth-order valence-corrected chi connectivity index (χ4v) is 4.80. The van der Waals surface area contributed by atoms with Crippen LogP contribution in [-0.2, 0) is 11.2 Å². The standard InChI is InChI=1S/C25H30F3N5O/c1-16-18(4-5-22-20(16)15-31-32-22)12-19(33(2)3)14-30-23(34)13-21(17-6-10-29-11-7-17)24(8-9-24)25(26,27)28/h4-7,10-11,15,19,21H,8-9,12-14H2,1-3H3,(H,30,34)(H,31,32). The number of carbonyl (C=O) groups excluding carboxylic acids is 1. The first-order valence-electron chi connectivity index (χ1n) is 11.4. The Morgan fingerprint density at radius 3 is 2.53 bits per heavy atom. The highest BCUT2D eigenvalue weighted by Gasteiger charge is 2.67. The lowest BCUT2D eigenvalue weighted by Gasteiger charge is -2.30. The molecule has 3 aromatic rings. The van der Waals surface area contributed by atoms with Crippen molar-refractivity contribution in [3.63, 3.8) is 0 Å². The number of aromatic amines is 1. The van der Waals surface area contributed by atoms with E-state index in [-0.39, 0.29) is 31.2 Å². The second-order valence-electron chi connectivity index (χ2n) is 9.50. The van der Waals surface area contributed by atoms with Crippen molar-refractivity contribution in [2.24, 2.45) is 5.41 Å². The van der Waals surface area contributed by atoms with Crippen LogP contribution in [0.2, 0.25) is 0 Å². The van der Waals surface area contributed by atoms with Crippen molar-refractivity contribution in [3.05, 3.63) is 59.5 Å². The number of halogens is 3. The van der Waals surface area contributed by atoms with Gasteiger partial charge in [-0.2, -0.15) is 18.3 Å². The van der Waals surface area contributed by atoms with E-state index in [9.17, 15) is 18.0 Å². The van der Waals surface area contributed by atoms with Crippen molar-refractivity contribution in [2.45, 2.75) is 50.7 Å². The number of carbonyl (C=O) groups is 1. The Labute approximate surface area is 196 Å². The fraction of sp³-hybridized carbons (Fsp3) is 0.480. The molecule has 9 heteroatoms. The first-order chi connectivity index (χ1) is 16.1. The van der Waals surface area contributed by atoms with Crippen LogP contribution in [0.1, 0.15) is 41.9 Å². The summed E-state index contributed by atoms with van der Waals surface area (Å²) in [4.78, 5) is 18.8.